The van der Waals surface area contributed by atoms with Crippen LogP contribution in [0.2, 0.25) is 0 Å². The molecule has 1 aromatic carbocycles. The van der Waals surface area contributed by atoms with Crippen LogP contribution in [0.25, 0.3) is 0 Å². The second-order valence-electron chi connectivity index (χ2n) is 3.45. The highest BCUT2D eigenvalue weighted by Crippen LogP contribution is 2.07. The van der Waals surface area contributed by atoms with E-state index >= 15 is 0 Å². The van der Waals surface area contributed by atoms with Crippen molar-refractivity contribution in [2.24, 2.45) is 0 Å². The molecule has 0 saturated heterocycles. The average molecular weight is 218 g/mol. The molecule has 16 heavy (non-hydrogen) atoms. The molecule has 0 unspecified atom stereocenters. The van der Waals surface area contributed by atoms with Crippen LogP contribution in [-0.2, 0) is 13.0 Å². The highest BCUT2D eigenvalue weighted by Gasteiger charge is 2.01. The molecule has 82 valence electrons. The molecule has 4 heteroatoms. The first-order valence-corrected chi connectivity index (χ1v) is 5.01. The predicted octanol–water partition coefficient (Wildman–Crippen LogP) is 1.63. The number of aromatic nitrogens is 2. The van der Waals surface area contributed by atoms with Gasteiger partial charge >= 0.3 is 0 Å². The molecule has 3 nitrogen and oxygen atoms in total. The van der Waals surface area contributed by atoms with Gasteiger partial charge in [-0.1, -0.05) is 18.2 Å². The van der Waals surface area contributed by atoms with Gasteiger partial charge in [-0.15, -0.1) is 0 Å². The van der Waals surface area contributed by atoms with Gasteiger partial charge in [0.25, 0.3) is 5.56 Å². The van der Waals surface area contributed by atoms with E-state index in [9.17, 15) is 9.18 Å². The van der Waals surface area contributed by atoms with Crippen molar-refractivity contribution >= 4 is 0 Å². The van der Waals surface area contributed by atoms with Gasteiger partial charge in [0.2, 0.25) is 0 Å². The lowest BCUT2D eigenvalue weighted by atomic mass is 10.1. The quantitative estimate of drug-likeness (QED) is 0.784. The van der Waals surface area contributed by atoms with Crippen LogP contribution < -0.4 is 5.56 Å². The van der Waals surface area contributed by atoms with Crippen LogP contribution >= 0.6 is 0 Å². The summed E-state index contributed by atoms with van der Waals surface area (Å²) in [6, 6.07) is 7.96. The average Bonchev–Trinajstić information content (AvgIpc) is 2.30. The monoisotopic (exact) mass is 218 g/mol. The zero-order valence-corrected chi connectivity index (χ0v) is 8.64. The van der Waals surface area contributed by atoms with Gasteiger partial charge < -0.3 is 0 Å². The second-order valence-corrected chi connectivity index (χ2v) is 3.45. The molecule has 1 heterocycles. The van der Waals surface area contributed by atoms with Gasteiger partial charge in [0, 0.05) is 18.8 Å². The first-order valence-electron chi connectivity index (χ1n) is 5.01. The zero-order valence-electron chi connectivity index (χ0n) is 8.64. The van der Waals surface area contributed by atoms with E-state index in [1.54, 1.807) is 18.2 Å². The molecule has 0 aliphatic rings. The zero-order chi connectivity index (χ0) is 11.4. The minimum absolute atomic E-state index is 0.119. The van der Waals surface area contributed by atoms with Crippen LogP contribution in [0.15, 0.2) is 47.7 Å². The van der Waals surface area contributed by atoms with Gasteiger partial charge in [0.15, 0.2) is 0 Å². The largest absolute Gasteiger partial charge is 0.299 e. The van der Waals surface area contributed by atoms with Crippen molar-refractivity contribution in [2.45, 2.75) is 13.0 Å². The molecule has 0 N–H and O–H groups in total. The maximum Gasteiger partial charge on any atom is 0.253 e. The maximum atomic E-state index is 13.3. The Morgan fingerprint density at radius 3 is 2.81 bits per heavy atom. The summed E-state index contributed by atoms with van der Waals surface area (Å²) in [6.07, 6.45) is 3.39. The van der Waals surface area contributed by atoms with Gasteiger partial charge in [-0.3, -0.25) is 9.36 Å². The van der Waals surface area contributed by atoms with Crippen molar-refractivity contribution in [3.63, 3.8) is 0 Å². The second kappa shape index (κ2) is 4.70. The van der Waals surface area contributed by atoms with Crippen molar-refractivity contribution in [2.75, 3.05) is 0 Å². The minimum atomic E-state index is -0.237. The number of hydrogen-bond acceptors (Lipinski definition) is 2. The van der Waals surface area contributed by atoms with Crippen molar-refractivity contribution in [1.82, 2.24) is 9.55 Å². The van der Waals surface area contributed by atoms with Crippen LogP contribution in [0, 0.1) is 5.82 Å². The van der Waals surface area contributed by atoms with Gasteiger partial charge in [0.1, 0.15) is 5.82 Å². The van der Waals surface area contributed by atoms with Crippen molar-refractivity contribution in [1.29, 1.82) is 0 Å². The van der Waals surface area contributed by atoms with E-state index in [0.717, 1.165) is 0 Å². The smallest absolute Gasteiger partial charge is 0.253 e. The molecule has 0 aliphatic carbocycles. The fourth-order valence-corrected chi connectivity index (χ4v) is 1.49. The Balaban J connectivity index is 2.12. The molecular formula is C12H11FN2O. The molecule has 0 amide bonds. The fraction of sp³-hybridized carbons (Fsp3) is 0.167. The summed E-state index contributed by atoms with van der Waals surface area (Å²) in [5.74, 6) is -0.237. The van der Waals surface area contributed by atoms with Crippen LogP contribution in [0.5, 0.6) is 0 Å². The summed E-state index contributed by atoms with van der Waals surface area (Å²) in [5, 5.41) is 0. The molecule has 0 saturated carbocycles. The number of halogens is 1. The van der Waals surface area contributed by atoms with E-state index in [4.69, 9.17) is 0 Å². The van der Waals surface area contributed by atoms with Crippen molar-refractivity contribution in [3.8, 4) is 0 Å². The SMILES string of the molecule is O=c1ccncn1CCc1ccccc1F. The van der Waals surface area contributed by atoms with Gasteiger partial charge in [-0.05, 0) is 18.1 Å². The van der Waals surface area contributed by atoms with Crippen LogP contribution in [-0.4, -0.2) is 9.55 Å². The molecule has 0 atom stereocenters. The van der Waals surface area contributed by atoms with Crippen LogP contribution in [0.1, 0.15) is 5.56 Å². The third-order valence-electron chi connectivity index (χ3n) is 2.37. The Morgan fingerprint density at radius 2 is 2.06 bits per heavy atom. The Kier molecular flexibility index (Phi) is 3.10. The lowest BCUT2D eigenvalue weighted by molar-refractivity contribution is 0.586. The Labute approximate surface area is 92.2 Å². The Hall–Kier alpha value is -1.97. The summed E-state index contributed by atoms with van der Waals surface area (Å²) in [4.78, 5) is 15.2. The van der Waals surface area contributed by atoms with Crippen molar-refractivity contribution in [3.05, 3.63) is 64.6 Å². The van der Waals surface area contributed by atoms with Gasteiger partial charge in [-0.2, -0.15) is 0 Å². The summed E-state index contributed by atoms with van der Waals surface area (Å²) < 4.78 is 14.8. The summed E-state index contributed by atoms with van der Waals surface area (Å²) in [7, 11) is 0. The molecule has 0 spiro atoms. The van der Waals surface area contributed by atoms with Crippen LogP contribution in [0.4, 0.5) is 4.39 Å². The van der Waals surface area contributed by atoms with E-state index in [2.05, 4.69) is 4.98 Å². The number of benzene rings is 1. The Bertz CT molecular complexity index is 536. The number of rotatable bonds is 3. The topological polar surface area (TPSA) is 34.9 Å². The van der Waals surface area contributed by atoms with Gasteiger partial charge in [-0.25, -0.2) is 9.37 Å². The maximum absolute atomic E-state index is 13.3. The third-order valence-corrected chi connectivity index (χ3v) is 2.37. The molecular weight excluding hydrogens is 207 g/mol. The highest BCUT2D eigenvalue weighted by molar-refractivity contribution is 5.17. The van der Waals surface area contributed by atoms with Gasteiger partial charge in [0.05, 0.1) is 6.33 Å². The highest BCUT2D eigenvalue weighted by atomic mass is 19.1. The first kappa shape index (κ1) is 10.5. The number of nitrogens with zero attached hydrogens (tertiary/aromatic N) is 2. The van der Waals surface area contributed by atoms with E-state index in [0.29, 0.717) is 18.5 Å². The molecule has 0 fully saturated rings. The minimum Gasteiger partial charge on any atom is -0.299 e. The Morgan fingerprint density at radius 1 is 1.25 bits per heavy atom. The van der Waals surface area contributed by atoms with E-state index < -0.39 is 0 Å². The number of aryl methyl sites for hydroxylation is 2. The predicted molar refractivity (Wildman–Crippen MR) is 58.6 cm³/mol. The molecule has 2 rings (SSSR count). The summed E-state index contributed by atoms with van der Waals surface area (Å²) in [5.41, 5.74) is 0.490. The van der Waals surface area contributed by atoms with Crippen molar-refractivity contribution < 1.29 is 4.39 Å². The molecule has 0 radical (unpaired) electrons. The van der Waals surface area contributed by atoms with Crippen LogP contribution in [0.3, 0.4) is 0 Å². The normalized spacial score (nSPS) is 10.3. The summed E-state index contributed by atoms with van der Waals surface area (Å²) in [6.45, 7) is 0.438. The fourth-order valence-electron chi connectivity index (χ4n) is 1.49. The summed E-state index contributed by atoms with van der Waals surface area (Å²) >= 11 is 0. The van der Waals surface area contributed by atoms with E-state index in [-0.39, 0.29) is 11.4 Å². The standard InChI is InChI=1S/C12H11FN2O/c13-11-4-2-1-3-10(11)6-8-15-9-14-7-5-12(15)16/h1-5,7,9H,6,8H2. The number of hydrogen-bond donors (Lipinski definition) is 0. The lowest BCUT2D eigenvalue weighted by Crippen LogP contribution is -2.19. The van der Waals surface area contributed by atoms with E-state index in [1.165, 1.54) is 29.2 Å². The first-order chi connectivity index (χ1) is 7.77. The molecule has 1 aromatic heterocycles. The lowest BCUT2D eigenvalue weighted by Gasteiger charge is -2.05. The van der Waals surface area contributed by atoms with E-state index in [1.807, 2.05) is 0 Å². The molecule has 0 bridgehead atoms. The molecule has 0 aliphatic heterocycles. The third kappa shape index (κ3) is 2.34. The molecule has 2 aromatic rings.